The molecule has 0 saturated carbocycles. The second-order valence-electron chi connectivity index (χ2n) is 5.72. The molecule has 0 aliphatic heterocycles. The molecule has 126 valence electrons. The highest BCUT2D eigenvalue weighted by molar-refractivity contribution is 5.98. The van der Waals surface area contributed by atoms with Crippen LogP contribution in [0.3, 0.4) is 0 Å². The van der Waals surface area contributed by atoms with Crippen molar-refractivity contribution in [2.75, 3.05) is 17.2 Å². The van der Waals surface area contributed by atoms with E-state index in [-0.39, 0.29) is 5.91 Å². The first-order chi connectivity index (χ1) is 10.8. The van der Waals surface area contributed by atoms with E-state index < -0.39 is 18.0 Å². The van der Waals surface area contributed by atoms with Crippen molar-refractivity contribution in [3.8, 4) is 0 Å². The average molecular weight is 320 g/mol. The Hall–Kier alpha value is -2.57. The minimum Gasteiger partial charge on any atom is -0.374 e. The summed E-state index contributed by atoms with van der Waals surface area (Å²) in [6, 6.07) is 5.86. The first-order valence-electron chi connectivity index (χ1n) is 7.50. The van der Waals surface area contributed by atoms with E-state index in [4.69, 9.17) is 0 Å². The highest BCUT2D eigenvalue weighted by Gasteiger charge is 2.15. The molecular weight excluding hydrogens is 296 g/mol. The zero-order valence-electron chi connectivity index (χ0n) is 13.9. The van der Waals surface area contributed by atoms with Crippen molar-refractivity contribution in [2.24, 2.45) is 5.92 Å². The van der Waals surface area contributed by atoms with Gasteiger partial charge in [0.25, 0.3) is 0 Å². The fourth-order valence-electron chi connectivity index (χ4n) is 1.73. The van der Waals surface area contributed by atoms with Crippen LogP contribution in [0.25, 0.3) is 0 Å². The van der Waals surface area contributed by atoms with E-state index >= 15 is 0 Å². The van der Waals surface area contributed by atoms with Gasteiger partial charge in [-0.25, -0.2) is 4.79 Å². The topological polar surface area (TPSA) is 99.3 Å². The van der Waals surface area contributed by atoms with Crippen LogP contribution in [0.4, 0.5) is 16.2 Å². The van der Waals surface area contributed by atoms with Crippen LogP contribution in [0, 0.1) is 5.92 Å². The molecule has 0 aromatic heterocycles. The van der Waals surface area contributed by atoms with Gasteiger partial charge in [-0.2, -0.15) is 0 Å². The van der Waals surface area contributed by atoms with Crippen LogP contribution in [-0.2, 0) is 9.59 Å². The molecule has 4 amide bonds. The van der Waals surface area contributed by atoms with E-state index in [0.29, 0.717) is 23.8 Å². The third-order valence-electron chi connectivity index (χ3n) is 2.89. The third kappa shape index (κ3) is 7.30. The molecule has 7 nitrogen and oxygen atoms in total. The third-order valence-corrected chi connectivity index (χ3v) is 2.89. The van der Waals surface area contributed by atoms with Crippen LogP contribution in [-0.4, -0.2) is 30.4 Å². The molecule has 0 aliphatic carbocycles. The first kappa shape index (κ1) is 18.5. The number of hydrogen-bond donors (Lipinski definition) is 4. The number of anilines is 2. The average Bonchev–Trinajstić information content (AvgIpc) is 2.46. The smallest absolute Gasteiger partial charge is 0.321 e. The van der Waals surface area contributed by atoms with Gasteiger partial charge in [-0.05, 0) is 37.1 Å². The number of hydrogen-bond acceptors (Lipinski definition) is 4. The van der Waals surface area contributed by atoms with Gasteiger partial charge in [-0.15, -0.1) is 0 Å². The molecule has 23 heavy (non-hydrogen) atoms. The lowest BCUT2D eigenvalue weighted by Gasteiger charge is -2.15. The lowest BCUT2D eigenvalue weighted by molar-refractivity contribution is -0.120. The summed E-state index contributed by atoms with van der Waals surface area (Å²) in [6.07, 6.45) is 0. The van der Waals surface area contributed by atoms with Gasteiger partial charge < -0.3 is 16.0 Å². The van der Waals surface area contributed by atoms with Crippen LogP contribution >= 0.6 is 0 Å². The van der Waals surface area contributed by atoms with Crippen LogP contribution in [0.1, 0.15) is 27.7 Å². The van der Waals surface area contributed by atoms with E-state index in [1.807, 2.05) is 13.8 Å². The number of rotatable bonds is 6. The fourth-order valence-corrected chi connectivity index (χ4v) is 1.73. The predicted molar refractivity (Wildman–Crippen MR) is 90.2 cm³/mol. The number of carbonyl (C=O) groups excluding carboxylic acids is 3. The monoisotopic (exact) mass is 320 g/mol. The molecule has 0 bridgehead atoms. The molecule has 4 N–H and O–H groups in total. The van der Waals surface area contributed by atoms with Gasteiger partial charge in [0.15, 0.2) is 0 Å². The Morgan fingerprint density at radius 3 is 2.09 bits per heavy atom. The van der Waals surface area contributed by atoms with Gasteiger partial charge in [-0.3, -0.25) is 14.9 Å². The van der Waals surface area contributed by atoms with E-state index in [1.165, 1.54) is 6.92 Å². The van der Waals surface area contributed by atoms with E-state index in [9.17, 15) is 14.4 Å². The quantitative estimate of drug-likeness (QED) is 0.643. The van der Waals surface area contributed by atoms with Crippen LogP contribution < -0.4 is 21.3 Å². The summed E-state index contributed by atoms with van der Waals surface area (Å²) >= 11 is 0. The first-order valence-corrected chi connectivity index (χ1v) is 7.50. The molecule has 0 aliphatic rings. The van der Waals surface area contributed by atoms with Crippen LogP contribution in [0.2, 0.25) is 0 Å². The maximum absolute atomic E-state index is 11.9. The molecule has 7 heteroatoms. The summed E-state index contributed by atoms with van der Waals surface area (Å²) in [5.41, 5.74) is 1.39. The zero-order valence-corrected chi connectivity index (χ0v) is 13.9. The van der Waals surface area contributed by atoms with Gasteiger partial charge in [0.1, 0.15) is 6.04 Å². The number of amides is 4. The molecule has 0 fully saturated rings. The lowest BCUT2D eigenvalue weighted by Crippen LogP contribution is -2.46. The van der Waals surface area contributed by atoms with Crippen molar-refractivity contribution in [1.29, 1.82) is 0 Å². The summed E-state index contributed by atoms with van der Waals surface area (Å²) in [5.74, 6) is -0.253. The molecule has 0 heterocycles. The van der Waals surface area contributed by atoms with Crippen molar-refractivity contribution in [3.63, 3.8) is 0 Å². The van der Waals surface area contributed by atoms with Gasteiger partial charge in [0, 0.05) is 24.8 Å². The van der Waals surface area contributed by atoms with Crippen molar-refractivity contribution in [2.45, 2.75) is 33.7 Å². The number of urea groups is 1. The highest BCUT2D eigenvalue weighted by Crippen LogP contribution is 2.14. The molecule has 1 aromatic rings. The summed E-state index contributed by atoms with van der Waals surface area (Å²) in [7, 11) is 0. The predicted octanol–water partition coefficient (Wildman–Crippen LogP) is 1.93. The van der Waals surface area contributed by atoms with Crippen molar-refractivity contribution in [3.05, 3.63) is 24.3 Å². The minimum atomic E-state index is -0.577. The largest absolute Gasteiger partial charge is 0.374 e. The molecule has 0 spiro atoms. The fraction of sp³-hybridized carbons (Fsp3) is 0.438. The van der Waals surface area contributed by atoms with E-state index in [1.54, 1.807) is 31.2 Å². The molecule has 0 saturated heterocycles. The molecule has 1 aromatic carbocycles. The van der Waals surface area contributed by atoms with Crippen molar-refractivity contribution in [1.82, 2.24) is 10.6 Å². The summed E-state index contributed by atoms with van der Waals surface area (Å²) in [5, 5.41) is 10.5. The van der Waals surface area contributed by atoms with Crippen molar-refractivity contribution < 1.29 is 14.4 Å². The zero-order chi connectivity index (χ0) is 17.4. The van der Waals surface area contributed by atoms with Crippen LogP contribution in [0.5, 0.6) is 0 Å². The SMILES string of the molecule is CC(=O)Nc1ccc(NC(C)C(=O)NC(=O)NCC(C)C)cc1. The van der Waals surface area contributed by atoms with E-state index in [0.717, 1.165) is 0 Å². The van der Waals surface area contributed by atoms with Gasteiger partial charge in [0.05, 0.1) is 0 Å². The maximum atomic E-state index is 11.9. The highest BCUT2D eigenvalue weighted by atomic mass is 16.2. The van der Waals surface area contributed by atoms with E-state index in [2.05, 4.69) is 21.3 Å². The lowest BCUT2D eigenvalue weighted by atomic mass is 10.2. The second kappa shape index (κ2) is 8.77. The maximum Gasteiger partial charge on any atom is 0.321 e. The summed E-state index contributed by atoms with van der Waals surface area (Å²) in [6.45, 7) is 7.54. The molecule has 0 radical (unpaired) electrons. The number of carbonyl (C=O) groups is 3. The number of benzene rings is 1. The Bertz CT molecular complexity index is 555. The Morgan fingerprint density at radius 1 is 1.00 bits per heavy atom. The Balaban J connectivity index is 2.48. The molecule has 1 atom stereocenters. The standard InChI is InChI=1S/C16H24N4O3/c1-10(2)9-17-16(23)20-15(22)11(3)18-13-5-7-14(8-6-13)19-12(4)21/h5-8,10-11,18H,9H2,1-4H3,(H,19,21)(H2,17,20,22,23). The summed E-state index contributed by atoms with van der Waals surface area (Å²) in [4.78, 5) is 34.4. The Kier molecular flexibility index (Phi) is 7.05. The van der Waals surface area contributed by atoms with Crippen molar-refractivity contribution >= 4 is 29.2 Å². The second-order valence-corrected chi connectivity index (χ2v) is 5.72. The molecule has 1 unspecified atom stereocenters. The number of nitrogens with one attached hydrogen (secondary N) is 4. The molecule has 1 rings (SSSR count). The van der Waals surface area contributed by atoms with Gasteiger partial charge in [-0.1, -0.05) is 13.8 Å². The minimum absolute atomic E-state index is 0.147. The molecular formula is C16H24N4O3. The Morgan fingerprint density at radius 2 is 1.57 bits per heavy atom. The van der Waals surface area contributed by atoms with Gasteiger partial charge >= 0.3 is 6.03 Å². The number of imide groups is 1. The normalized spacial score (nSPS) is 11.5. The van der Waals surface area contributed by atoms with Crippen LogP contribution in [0.15, 0.2) is 24.3 Å². The summed E-state index contributed by atoms with van der Waals surface area (Å²) < 4.78 is 0. The van der Waals surface area contributed by atoms with Gasteiger partial charge in [0.2, 0.25) is 11.8 Å². The Labute approximate surface area is 136 Å².